The molecule has 0 heteroatoms. The van der Waals surface area contributed by atoms with E-state index in [-0.39, 0.29) is 0 Å². The summed E-state index contributed by atoms with van der Waals surface area (Å²) in [6.45, 7) is 16.1. The molecule has 0 saturated carbocycles. The van der Waals surface area contributed by atoms with Gasteiger partial charge < -0.3 is 0 Å². The predicted molar refractivity (Wildman–Crippen MR) is 61.9 cm³/mol. The molecule has 0 N–H and O–H groups in total. The van der Waals surface area contributed by atoms with Gasteiger partial charge in [-0.3, -0.25) is 0 Å². The third kappa shape index (κ3) is 4.50. The fraction of sp³-hybridized carbons (Fsp3) is 0.846. The van der Waals surface area contributed by atoms with E-state index in [9.17, 15) is 0 Å². The molecule has 0 aromatic heterocycles. The van der Waals surface area contributed by atoms with Crippen molar-refractivity contribution in [3.05, 3.63) is 11.1 Å². The molecule has 0 bridgehead atoms. The quantitative estimate of drug-likeness (QED) is 0.548. The Balaban J connectivity index is 4.45. The average molecular weight is 182 g/mol. The first-order chi connectivity index (χ1) is 5.80. The fourth-order valence-corrected chi connectivity index (χ4v) is 1.48. The van der Waals surface area contributed by atoms with Crippen LogP contribution in [0, 0.1) is 11.3 Å². The third-order valence-corrected chi connectivity index (χ3v) is 3.24. The molecule has 0 spiro atoms. The molecule has 0 rings (SSSR count). The van der Waals surface area contributed by atoms with Gasteiger partial charge in [0.1, 0.15) is 0 Å². The minimum Gasteiger partial charge on any atom is -0.0736 e. The van der Waals surface area contributed by atoms with Crippen LogP contribution in [0.3, 0.4) is 0 Å². The maximum Gasteiger partial charge on any atom is -0.0260 e. The minimum atomic E-state index is 0.472. The highest BCUT2D eigenvalue weighted by Crippen LogP contribution is 2.31. The first-order valence-corrected chi connectivity index (χ1v) is 5.46. The maximum atomic E-state index is 2.35. The second-order valence-corrected chi connectivity index (χ2v) is 5.31. The Kier molecular flexibility index (Phi) is 4.74. The highest BCUT2D eigenvalue weighted by molar-refractivity contribution is 5.13. The van der Waals surface area contributed by atoms with Gasteiger partial charge in [0.25, 0.3) is 0 Å². The molecule has 0 aromatic rings. The Morgan fingerprint density at radius 3 is 1.92 bits per heavy atom. The van der Waals surface area contributed by atoms with Crippen LogP contribution in [-0.2, 0) is 0 Å². The molecule has 0 radical (unpaired) electrons. The zero-order valence-corrected chi connectivity index (χ0v) is 10.5. The SMILES string of the molecule is CCC(C)(C)C/C(C)=C(\C)C(C)C. The molecular formula is C13H26. The maximum absolute atomic E-state index is 2.35. The highest BCUT2D eigenvalue weighted by Gasteiger charge is 2.16. The van der Waals surface area contributed by atoms with E-state index in [1.54, 1.807) is 11.1 Å². The number of allylic oxidation sites excluding steroid dienone is 2. The molecule has 13 heavy (non-hydrogen) atoms. The summed E-state index contributed by atoms with van der Waals surface area (Å²) >= 11 is 0. The van der Waals surface area contributed by atoms with Crippen molar-refractivity contribution >= 4 is 0 Å². The van der Waals surface area contributed by atoms with Crippen molar-refractivity contribution in [2.45, 2.75) is 61.3 Å². The van der Waals surface area contributed by atoms with Gasteiger partial charge in [-0.2, -0.15) is 0 Å². The molecule has 0 heterocycles. The Bertz CT molecular complexity index is 182. The molecule has 0 aromatic carbocycles. The van der Waals surface area contributed by atoms with Crippen LogP contribution in [0.4, 0.5) is 0 Å². The van der Waals surface area contributed by atoms with Crippen molar-refractivity contribution in [2.75, 3.05) is 0 Å². The van der Waals surface area contributed by atoms with Gasteiger partial charge in [0, 0.05) is 0 Å². The Labute approximate surface area is 84.4 Å². The van der Waals surface area contributed by atoms with Crippen LogP contribution in [0.2, 0.25) is 0 Å². The Morgan fingerprint density at radius 1 is 1.15 bits per heavy atom. The van der Waals surface area contributed by atoms with Crippen LogP contribution in [0.15, 0.2) is 11.1 Å². The second kappa shape index (κ2) is 4.83. The standard InChI is InChI=1S/C13H26/c1-8-13(6,7)9-11(4)12(5)10(2)3/h10H,8-9H2,1-7H3/b12-11+. The minimum absolute atomic E-state index is 0.472. The van der Waals surface area contributed by atoms with E-state index in [2.05, 4.69) is 48.5 Å². The largest absolute Gasteiger partial charge is 0.0736 e. The first-order valence-electron chi connectivity index (χ1n) is 5.46. The summed E-state index contributed by atoms with van der Waals surface area (Å²) in [5.41, 5.74) is 3.63. The van der Waals surface area contributed by atoms with Crippen molar-refractivity contribution in [3.63, 3.8) is 0 Å². The van der Waals surface area contributed by atoms with Crippen LogP contribution < -0.4 is 0 Å². The lowest BCUT2D eigenvalue weighted by atomic mass is 9.81. The van der Waals surface area contributed by atoms with Crippen molar-refractivity contribution in [1.82, 2.24) is 0 Å². The van der Waals surface area contributed by atoms with Crippen LogP contribution in [0.1, 0.15) is 61.3 Å². The lowest BCUT2D eigenvalue weighted by Gasteiger charge is -2.24. The predicted octanol–water partition coefficient (Wildman–Crippen LogP) is 4.81. The molecule has 0 atom stereocenters. The lowest BCUT2D eigenvalue weighted by Crippen LogP contribution is -2.11. The van der Waals surface area contributed by atoms with E-state index in [0.29, 0.717) is 11.3 Å². The van der Waals surface area contributed by atoms with Crippen molar-refractivity contribution in [3.8, 4) is 0 Å². The number of hydrogen-bond acceptors (Lipinski definition) is 0. The molecule has 0 aliphatic carbocycles. The van der Waals surface area contributed by atoms with E-state index in [1.807, 2.05) is 0 Å². The number of hydrogen-bond donors (Lipinski definition) is 0. The number of rotatable bonds is 4. The van der Waals surface area contributed by atoms with Gasteiger partial charge in [-0.1, -0.05) is 52.2 Å². The summed E-state index contributed by atoms with van der Waals surface area (Å²) in [4.78, 5) is 0. The van der Waals surface area contributed by atoms with Crippen LogP contribution in [0.5, 0.6) is 0 Å². The summed E-state index contributed by atoms with van der Waals surface area (Å²) in [7, 11) is 0. The van der Waals surface area contributed by atoms with Crippen molar-refractivity contribution in [1.29, 1.82) is 0 Å². The molecule has 0 nitrogen and oxygen atoms in total. The van der Waals surface area contributed by atoms with E-state index < -0.39 is 0 Å². The van der Waals surface area contributed by atoms with Crippen LogP contribution >= 0.6 is 0 Å². The molecule has 0 amide bonds. The van der Waals surface area contributed by atoms with E-state index in [4.69, 9.17) is 0 Å². The average Bonchev–Trinajstić information content (AvgIpc) is 2.02. The normalized spacial score (nSPS) is 14.8. The Morgan fingerprint density at radius 2 is 1.62 bits per heavy atom. The summed E-state index contributed by atoms with van der Waals surface area (Å²) in [6, 6.07) is 0. The fourth-order valence-electron chi connectivity index (χ4n) is 1.48. The van der Waals surface area contributed by atoms with Crippen LogP contribution in [0.25, 0.3) is 0 Å². The topological polar surface area (TPSA) is 0 Å². The zero-order chi connectivity index (χ0) is 10.6. The van der Waals surface area contributed by atoms with Gasteiger partial charge in [0.05, 0.1) is 0 Å². The molecular weight excluding hydrogens is 156 g/mol. The van der Waals surface area contributed by atoms with Gasteiger partial charge in [0.15, 0.2) is 0 Å². The van der Waals surface area contributed by atoms with E-state index >= 15 is 0 Å². The third-order valence-electron chi connectivity index (χ3n) is 3.24. The lowest BCUT2D eigenvalue weighted by molar-refractivity contribution is 0.346. The van der Waals surface area contributed by atoms with Gasteiger partial charge in [0.2, 0.25) is 0 Å². The summed E-state index contributed by atoms with van der Waals surface area (Å²) < 4.78 is 0. The molecule has 0 unspecified atom stereocenters. The van der Waals surface area contributed by atoms with Crippen molar-refractivity contribution in [2.24, 2.45) is 11.3 Å². The smallest absolute Gasteiger partial charge is 0.0260 e. The molecule has 0 fully saturated rings. The zero-order valence-electron chi connectivity index (χ0n) is 10.5. The van der Waals surface area contributed by atoms with Gasteiger partial charge >= 0.3 is 0 Å². The molecule has 0 aliphatic heterocycles. The first kappa shape index (κ1) is 12.7. The molecule has 0 aliphatic rings. The monoisotopic (exact) mass is 182 g/mol. The summed E-state index contributed by atoms with van der Waals surface area (Å²) in [5, 5.41) is 0. The Hall–Kier alpha value is -0.260. The molecule has 78 valence electrons. The van der Waals surface area contributed by atoms with Gasteiger partial charge in [-0.25, -0.2) is 0 Å². The van der Waals surface area contributed by atoms with Gasteiger partial charge in [-0.05, 0) is 31.6 Å². The second-order valence-electron chi connectivity index (χ2n) is 5.31. The van der Waals surface area contributed by atoms with E-state index in [1.165, 1.54) is 12.8 Å². The highest BCUT2D eigenvalue weighted by atomic mass is 14.2. The van der Waals surface area contributed by atoms with E-state index in [0.717, 1.165) is 0 Å². The summed E-state index contributed by atoms with van der Waals surface area (Å²) in [6.07, 6.45) is 2.50. The van der Waals surface area contributed by atoms with Crippen LogP contribution in [-0.4, -0.2) is 0 Å². The molecule has 0 saturated heterocycles. The summed E-state index contributed by atoms with van der Waals surface area (Å²) in [5.74, 6) is 0.702. The van der Waals surface area contributed by atoms with Crippen molar-refractivity contribution < 1.29 is 0 Å². The van der Waals surface area contributed by atoms with Gasteiger partial charge in [-0.15, -0.1) is 0 Å².